The largest absolute Gasteiger partial charge is 0.448 e. The van der Waals surface area contributed by atoms with Gasteiger partial charge in [0.2, 0.25) is 5.91 Å². The van der Waals surface area contributed by atoms with Crippen LogP contribution in [0, 0.1) is 5.92 Å². The minimum atomic E-state index is 0.141. The molecular weight excluding hydrogens is 302 g/mol. The predicted molar refractivity (Wildman–Crippen MR) is 91.7 cm³/mol. The van der Waals surface area contributed by atoms with Gasteiger partial charge >= 0.3 is 0 Å². The number of carbonyl (C=O) groups excluding carboxylic acids is 1. The summed E-state index contributed by atoms with van der Waals surface area (Å²) in [4.78, 5) is 23.4. The van der Waals surface area contributed by atoms with E-state index in [1.54, 1.807) is 17.4 Å². The monoisotopic (exact) mass is 325 g/mol. The number of hydrogen-bond donors (Lipinski definition) is 0. The highest BCUT2D eigenvalue weighted by Gasteiger charge is 2.29. The Morgan fingerprint density at radius 2 is 2.00 bits per heavy atom. The lowest BCUT2D eigenvalue weighted by molar-refractivity contribution is -0.123. The quantitative estimate of drug-likeness (QED) is 0.847. The Morgan fingerprint density at radius 1 is 1.21 bits per heavy atom. The highest BCUT2D eigenvalue weighted by molar-refractivity contribution is 5.94. The lowest BCUT2D eigenvalue weighted by Crippen LogP contribution is -2.34. The Kier molecular flexibility index (Phi) is 4.08. The van der Waals surface area contributed by atoms with Crippen LogP contribution >= 0.6 is 0 Å². The summed E-state index contributed by atoms with van der Waals surface area (Å²) >= 11 is 0. The zero-order valence-corrected chi connectivity index (χ0v) is 14.1. The summed E-state index contributed by atoms with van der Waals surface area (Å²) in [6.45, 7) is 0. The van der Waals surface area contributed by atoms with Crippen molar-refractivity contribution in [1.82, 2.24) is 9.97 Å². The van der Waals surface area contributed by atoms with Crippen LogP contribution in [0.15, 0.2) is 29.0 Å². The van der Waals surface area contributed by atoms with Crippen LogP contribution in [0.2, 0.25) is 0 Å². The van der Waals surface area contributed by atoms with Crippen molar-refractivity contribution in [2.45, 2.75) is 50.9 Å². The maximum absolute atomic E-state index is 12.7. The molecule has 2 aromatic rings. The van der Waals surface area contributed by atoms with Crippen LogP contribution in [-0.4, -0.2) is 22.9 Å². The highest BCUT2D eigenvalue weighted by Crippen LogP contribution is 2.40. The number of carbonyl (C=O) groups is 1. The topological polar surface area (TPSA) is 59.2 Å². The highest BCUT2D eigenvalue weighted by atomic mass is 16.3. The van der Waals surface area contributed by atoms with Crippen molar-refractivity contribution >= 4 is 11.7 Å². The number of aromatic nitrogens is 2. The van der Waals surface area contributed by atoms with E-state index >= 15 is 0 Å². The molecule has 2 aliphatic carbocycles. The smallest absolute Gasteiger partial charge is 0.230 e. The Labute approximate surface area is 142 Å². The first kappa shape index (κ1) is 15.4. The van der Waals surface area contributed by atoms with Crippen LogP contribution < -0.4 is 4.90 Å². The molecule has 0 atom stereocenters. The van der Waals surface area contributed by atoms with Crippen molar-refractivity contribution in [2.75, 3.05) is 11.9 Å². The third-order valence-electron chi connectivity index (χ3n) is 5.12. The van der Waals surface area contributed by atoms with Crippen LogP contribution in [0.25, 0.3) is 11.3 Å². The number of rotatable bonds is 4. The summed E-state index contributed by atoms with van der Waals surface area (Å²) in [7, 11) is 1.82. The molecule has 0 bridgehead atoms. The Bertz CT molecular complexity index is 730. The van der Waals surface area contributed by atoms with Crippen molar-refractivity contribution in [1.29, 1.82) is 0 Å². The molecule has 0 aliphatic heterocycles. The zero-order chi connectivity index (χ0) is 16.5. The van der Waals surface area contributed by atoms with Gasteiger partial charge in [-0.3, -0.25) is 9.69 Å². The molecule has 1 amide bonds. The molecule has 0 spiro atoms. The van der Waals surface area contributed by atoms with E-state index in [0.29, 0.717) is 11.7 Å². The number of anilines is 1. The van der Waals surface area contributed by atoms with Gasteiger partial charge in [-0.15, -0.1) is 0 Å². The summed E-state index contributed by atoms with van der Waals surface area (Å²) in [5.41, 5.74) is 1.76. The lowest BCUT2D eigenvalue weighted by Gasteiger charge is -2.26. The predicted octanol–water partition coefficient (Wildman–Crippen LogP) is 4.16. The van der Waals surface area contributed by atoms with Crippen LogP contribution in [0.3, 0.4) is 0 Å². The molecule has 0 unspecified atom stereocenters. The van der Waals surface area contributed by atoms with E-state index in [1.165, 1.54) is 19.3 Å². The van der Waals surface area contributed by atoms with E-state index < -0.39 is 0 Å². The fourth-order valence-corrected chi connectivity index (χ4v) is 3.44. The summed E-state index contributed by atoms with van der Waals surface area (Å²) in [5.74, 6) is 2.32. The van der Waals surface area contributed by atoms with E-state index in [9.17, 15) is 4.79 Å². The lowest BCUT2D eigenvalue weighted by atomic mass is 9.88. The van der Waals surface area contributed by atoms with E-state index in [0.717, 1.165) is 42.8 Å². The Hall–Kier alpha value is -2.17. The van der Waals surface area contributed by atoms with Crippen molar-refractivity contribution in [2.24, 2.45) is 5.92 Å². The first-order chi connectivity index (χ1) is 11.7. The molecule has 0 radical (unpaired) electrons. The van der Waals surface area contributed by atoms with Gasteiger partial charge in [0.25, 0.3) is 0 Å². The average Bonchev–Trinajstić information content (AvgIpc) is 3.38. The van der Waals surface area contributed by atoms with Crippen LogP contribution in [0.5, 0.6) is 0 Å². The van der Waals surface area contributed by atoms with E-state index in [4.69, 9.17) is 4.42 Å². The van der Waals surface area contributed by atoms with Gasteiger partial charge in [-0.25, -0.2) is 9.97 Å². The molecule has 2 aromatic heterocycles. The third kappa shape index (κ3) is 3.07. The van der Waals surface area contributed by atoms with E-state index in [1.807, 2.05) is 19.2 Å². The normalized spacial score (nSPS) is 18.5. The maximum Gasteiger partial charge on any atom is 0.230 e. The third-order valence-corrected chi connectivity index (χ3v) is 5.12. The van der Waals surface area contributed by atoms with Crippen molar-refractivity contribution in [3.05, 3.63) is 30.5 Å². The molecule has 0 saturated heterocycles. The van der Waals surface area contributed by atoms with Gasteiger partial charge in [0.15, 0.2) is 5.89 Å². The van der Waals surface area contributed by atoms with Gasteiger partial charge in [-0.1, -0.05) is 19.3 Å². The number of hydrogen-bond acceptors (Lipinski definition) is 4. The average molecular weight is 325 g/mol. The molecule has 2 heterocycles. The van der Waals surface area contributed by atoms with Gasteiger partial charge in [-0.2, -0.15) is 0 Å². The fraction of sp³-hybridized carbons (Fsp3) is 0.526. The molecular formula is C19H23N3O2. The summed E-state index contributed by atoms with van der Waals surface area (Å²) in [6, 6.07) is 3.84. The van der Waals surface area contributed by atoms with Gasteiger partial charge in [0, 0.05) is 30.6 Å². The van der Waals surface area contributed by atoms with Gasteiger partial charge in [-0.05, 0) is 37.8 Å². The standard InChI is InChI=1S/C19H23N3O2/c1-22(19(23)14-5-3-2-4-6-14)17-11-15(9-10-20-17)16-12-24-18(21-16)13-7-8-13/h9-14H,2-8H2,1H3. The number of pyridine rings is 1. The number of nitrogens with zero attached hydrogens (tertiary/aromatic N) is 3. The number of amides is 1. The molecule has 0 N–H and O–H groups in total. The molecule has 126 valence electrons. The van der Waals surface area contributed by atoms with Crippen LogP contribution in [0.4, 0.5) is 5.82 Å². The summed E-state index contributed by atoms with van der Waals surface area (Å²) < 4.78 is 5.57. The maximum atomic E-state index is 12.7. The molecule has 5 heteroatoms. The number of oxazole rings is 1. The molecule has 24 heavy (non-hydrogen) atoms. The molecule has 0 aromatic carbocycles. The molecule has 4 rings (SSSR count). The van der Waals surface area contributed by atoms with E-state index in [-0.39, 0.29) is 11.8 Å². The molecule has 2 fully saturated rings. The zero-order valence-electron chi connectivity index (χ0n) is 14.1. The van der Waals surface area contributed by atoms with Crippen LogP contribution in [-0.2, 0) is 4.79 Å². The second-order valence-electron chi connectivity index (χ2n) is 6.98. The molecule has 5 nitrogen and oxygen atoms in total. The second kappa shape index (κ2) is 6.38. The van der Waals surface area contributed by atoms with Crippen molar-refractivity contribution in [3.8, 4) is 11.3 Å². The van der Waals surface area contributed by atoms with Gasteiger partial charge in [0.05, 0.1) is 0 Å². The first-order valence-electron chi connectivity index (χ1n) is 8.92. The first-order valence-corrected chi connectivity index (χ1v) is 8.92. The Morgan fingerprint density at radius 3 is 2.75 bits per heavy atom. The van der Waals surface area contributed by atoms with Crippen LogP contribution in [0.1, 0.15) is 56.8 Å². The van der Waals surface area contributed by atoms with Crippen molar-refractivity contribution < 1.29 is 9.21 Å². The SMILES string of the molecule is CN(C(=O)C1CCCCC1)c1cc(-c2coc(C3CC3)n2)ccn1. The second-order valence-corrected chi connectivity index (χ2v) is 6.98. The minimum absolute atomic E-state index is 0.141. The Balaban J connectivity index is 1.53. The van der Waals surface area contributed by atoms with E-state index in [2.05, 4.69) is 9.97 Å². The van der Waals surface area contributed by atoms with Gasteiger partial charge < -0.3 is 4.42 Å². The summed E-state index contributed by atoms with van der Waals surface area (Å²) in [5, 5.41) is 0. The van der Waals surface area contributed by atoms with Crippen molar-refractivity contribution in [3.63, 3.8) is 0 Å². The molecule has 2 saturated carbocycles. The molecule has 2 aliphatic rings. The summed E-state index contributed by atoms with van der Waals surface area (Å²) in [6.07, 6.45) is 11.3. The van der Waals surface area contributed by atoms with Gasteiger partial charge in [0.1, 0.15) is 17.8 Å². The fourth-order valence-electron chi connectivity index (χ4n) is 3.44. The minimum Gasteiger partial charge on any atom is -0.448 e.